The van der Waals surface area contributed by atoms with Crippen LogP contribution in [0.2, 0.25) is 0 Å². The second-order valence-electron chi connectivity index (χ2n) is 3.96. The van der Waals surface area contributed by atoms with Crippen molar-refractivity contribution in [1.82, 2.24) is 5.32 Å². The number of ether oxygens (including phenoxy) is 1. The van der Waals surface area contributed by atoms with Gasteiger partial charge in [0.15, 0.2) is 0 Å². The Hall–Kier alpha value is -1.10. The fourth-order valence-electron chi connectivity index (χ4n) is 1.54. The summed E-state index contributed by atoms with van der Waals surface area (Å²) in [5.41, 5.74) is 1.15. The van der Waals surface area contributed by atoms with Gasteiger partial charge in [-0.25, -0.2) is 0 Å². The molecule has 0 aromatic heterocycles. The van der Waals surface area contributed by atoms with E-state index >= 15 is 0 Å². The summed E-state index contributed by atoms with van der Waals surface area (Å²) in [4.78, 5) is 0. The van der Waals surface area contributed by atoms with Crippen LogP contribution in [0, 0.1) is 0 Å². The van der Waals surface area contributed by atoms with Gasteiger partial charge in [-0.15, -0.1) is 0 Å². The molecule has 3 N–H and O–H groups in total. The zero-order valence-electron chi connectivity index (χ0n) is 10.2. The van der Waals surface area contributed by atoms with E-state index in [-0.39, 0.29) is 12.6 Å². The highest BCUT2D eigenvalue weighted by Gasteiger charge is 2.03. The quantitative estimate of drug-likeness (QED) is 0.601. The van der Waals surface area contributed by atoms with E-state index in [1.807, 2.05) is 12.1 Å². The zero-order valence-corrected chi connectivity index (χ0v) is 10.2. The molecule has 0 saturated heterocycles. The topological polar surface area (TPSA) is 61.7 Å². The van der Waals surface area contributed by atoms with Gasteiger partial charge in [0.2, 0.25) is 0 Å². The molecule has 0 amide bonds. The molecular formula is C13H21NO3. The molecule has 0 heterocycles. The molecule has 1 atom stereocenters. The Morgan fingerprint density at radius 1 is 1.24 bits per heavy atom. The van der Waals surface area contributed by atoms with E-state index in [2.05, 4.69) is 12.2 Å². The van der Waals surface area contributed by atoms with Crippen molar-refractivity contribution < 1.29 is 14.9 Å². The smallest absolute Gasteiger partial charge is 0.115 e. The summed E-state index contributed by atoms with van der Waals surface area (Å²) in [6.45, 7) is 4.11. The zero-order chi connectivity index (χ0) is 12.5. The Labute approximate surface area is 102 Å². The number of phenolic OH excluding ortho intramolecular Hbond substituents is 1. The third-order valence-electron chi connectivity index (χ3n) is 2.54. The molecule has 0 fully saturated rings. The third kappa shape index (κ3) is 5.68. The number of aliphatic hydroxyl groups is 1. The van der Waals surface area contributed by atoms with E-state index < -0.39 is 0 Å². The van der Waals surface area contributed by atoms with Crippen LogP contribution in [0.25, 0.3) is 0 Å². The van der Waals surface area contributed by atoms with Crippen LogP contribution in [0.3, 0.4) is 0 Å². The van der Waals surface area contributed by atoms with E-state index in [4.69, 9.17) is 9.84 Å². The van der Waals surface area contributed by atoms with E-state index in [1.54, 1.807) is 12.1 Å². The Morgan fingerprint density at radius 2 is 1.94 bits per heavy atom. The van der Waals surface area contributed by atoms with E-state index in [9.17, 15) is 5.11 Å². The molecule has 0 radical (unpaired) electrons. The lowest BCUT2D eigenvalue weighted by Gasteiger charge is -2.14. The van der Waals surface area contributed by atoms with Crippen LogP contribution in [0.1, 0.15) is 24.9 Å². The monoisotopic (exact) mass is 239 g/mol. The first-order chi connectivity index (χ1) is 8.24. The van der Waals surface area contributed by atoms with Crippen molar-refractivity contribution in [3.05, 3.63) is 29.8 Å². The van der Waals surface area contributed by atoms with Crippen molar-refractivity contribution >= 4 is 0 Å². The number of rotatable bonds is 8. The van der Waals surface area contributed by atoms with Gasteiger partial charge in [-0.2, -0.15) is 0 Å². The van der Waals surface area contributed by atoms with Crippen LogP contribution < -0.4 is 5.32 Å². The molecular weight excluding hydrogens is 218 g/mol. The van der Waals surface area contributed by atoms with Crippen molar-refractivity contribution in [3.8, 4) is 5.75 Å². The van der Waals surface area contributed by atoms with Crippen molar-refractivity contribution in [2.75, 3.05) is 26.4 Å². The number of aromatic hydroxyl groups is 1. The number of hydrogen-bond donors (Lipinski definition) is 3. The molecule has 0 aliphatic rings. The third-order valence-corrected chi connectivity index (χ3v) is 2.54. The standard InChI is InChI=1S/C13H21NO3/c1-11(12-3-5-13(16)6-4-12)14-7-2-9-17-10-8-15/h3-6,11,14-16H,2,7-10H2,1H3. The van der Waals surface area contributed by atoms with Crippen LogP contribution in [-0.4, -0.2) is 36.6 Å². The van der Waals surface area contributed by atoms with Crippen molar-refractivity contribution in [1.29, 1.82) is 0 Å². The normalized spacial score (nSPS) is 12.6. The minimum absolute atomic E-state index is 0.0807. The SMILES string of the molecule is CC(NCCCOCCO)c1ccc(O)cc1. The van der Waals surface area contributed by atoms with Gasteiger partial charge in [0, 0.05) is 12.6 Å². The molecule has 1 rings (SSSR count). The summed E-state index contributed by atoms with van der Waals surface area (Å²) >= 11 is 0. The van der Waals surface area contributed by atoms with Crippen LogP contribution in [0.4, 0.5) is 0 Å². The Kier molecular flexibility index (Phi) is 6.62. The molecule has 0 saturated carbocycles. The van der Waals surface area contributed by atoms with Crippen molar-refractivity contribution in [3.63, 3.8) is 0 Å². The number of hydrogen-bond acceptors (Lipinski definition) is 4. The molecule has 4 heteroatoms. The maximum absolute atomic E-state index is 9.18. The number of benzene rings is 1. The average Bonchev–Trinajstić information content (AvgIpc) is 2.34. The van der Waals surface area contributed by atoms with Gasteiger partial charge in [0.1, 0.15) is 5.75 Å². The molecule has 1 unspecified atom stereocenters. The first kappa shape index (κ1) is 14.0. The lowest BCUT2D eigenvalue weighted by molar-refractivity contribution is 0.0904. The van der Waals surface area contributed by atoms with Gasteiger partial charge in [-0.1, -0.05) is 12.1 Å². The highest BCUT2D eigenvalue weighted by molar-refractivity contribution is 5.27. The molecule has 0 bridgehead atoms. The first-order valence-corrected chi connectivity index (χ1v) is 5.95. The van der Waals surface area contributed by atoms with Gasteiger partial charge in [-0.05, 0) is 37.6 Å². The summed E-state index contributed by atoms with van der Waals surface area (Å²) in [7, 11) is 0. The van der Waals surface area contributed by atoms with Crippen LogP contribution in [0.15, 0.2) is 24.3 Å². The summed E-state index contributed by atoms with van der Waals surface area (Å²) in [5.74, 6) is 0.290. The summed E-state index contributed by atoms with van der Waals surface area (Å²) < 4.78 is 5.16. The number of aliphatic hydroxyl groups excluding tert-OH is 1. The fraction of sp³-hybridized carbons (Fsp3) is 0.538. The molecule has 96 valence electrons. The number of phenols is 1. The van der Waals surface area contributed by atoms with Gasteiger partial charge >= 0.3 is 0 Å². The van der Waals surface area contributed by atoms with Crippen molar-refractivity contribution in [2.24, 2.45) is 0 Å². The number of nitrogens with one attached hydrogen (secondary N) is 1. The van der Waals surface area contributed by atoms with Crippen molar-refractivity contribution in [2.45, 2.75) is 19.4 Å². The fourth-order valence-corrected chi connectivity index (χ4v) is 1.54. The van der Waals surface area contributed by atoms with Crippen LogP contribution in [-0.2, 0) is 4.74 Å². The summed E-state index contributed by atoms with van der Waals surface area (Å²) in [5, 5.41) is 21.1. The molecule has 1 aromatic rings. The molecule has 0 aliphatic carbocycles. The van der Waals surface area contributed by atoms with Gasteiger partial charge in [-0.3, -0.25) is 0 Å². The highest BCUT2D eigenvalue weighted by atomic mass is 16.5. The highest BCUT2D eigenvalue weighted by Crippen LogP contribution is 2.15. The second-order valence-corrected chi connectivity index (χ2v) is 3.96. The van der Waals surface area contributed by atoms with Crippen LogP contribution >= 0.6 is 0 Å². The van der Waals surface area contributed by atoms with E-state index in [1.165, 1.54) is 0 Å². The Morgan fingerprint density at radius 3 is 2.59 bits per heavy atom. The second kappa shape index (κ2) is 8.06. The lowest BCUT2D eigenvalue weighted by atomic mass is 10.1. The Bertz CT molecular complexity index is 300. The maximum Gasteiger partial charge on any atom is 0.115 e. The first-order valence-electron chi connectivity index (χ1n) is 5.95. The van der Waals surface area contributed by atoms with E-state index in [0.29, 0.717) is 19.0 Å². The predicted molar refractivity (Wildman–Crippen MR) is 67.0 cm³/mol. The maximum atomic E-state index is 9.18. The van der Waals surface area contributed by atoms with E-state index in [0.717, 1.165) is 18.5 Å². The molecule has 0 aliphatic heterocycles. The molecule has 0 spiro atoms. The minimum Gasteiger partial charge on any atom is -0.508 e. The predicted octanol–water partition coefficient (Wildman–Crippen LogP) is 1.44. The largest absolute Gasteiger partial charge is 0.508 e. The molecule has 1 aromatic carbocycles. The summed E-state index contributed by atoms with van der Waals surface area (Å²) in [6.07, 6.45) is 0.919. The summed E-state index contributed by atoms with van der Waals surface area (Å²) in [6, 6.07) is 7.47. The van der Waals surface area contributed by atoms with Gasteiger partial charge < -0.3 is 20.3 Å². The molecule has 17 heavy (non-hydrogen) atoms. The lowest BCUT2D eigenvalue weighted by Crippen LogP contribution is -2.21. The average molecular weight is 239 g/mol. The minimum atomic E-state index is 0.0807. The Balaban J connectivity index is 2.16. The molecule has 4 nitrogen and oxygen atoms in total. The van der Waals surface area contributed by atoms with Gasteiger partial charge in [0.25, 0.3) is 0 Å². The van der Waals surface area contributed by atoms with Gasteiger partial charge in [0.05, 0.1) is 13.2 Å². The van der Waals surface area contributed by atoms with Crippen LogP contribution in [0.5, 0.6) is 5.75 Å².